The number of aliphatic hydroxyl groups excluding tert-OH is 7. The minimum atomic E-state index is -1.71. The first-order valence-electron chi connectivity index (χ1n) is 31.7. The van der Waals surface area contributed by atoms with Gasteiger partial charge in [0.25, 0.3) is 0 Å². The van der Waals surface area contributed by atoms with Crippen molar-refractivity contribution >= 4 is 5.97 Å². The van der Waals surface area contributed by atoms with Crippen molar-refractivity contribution in [2.24, 2.45) is 0 Å². The van der Waals surface area contributed by atoms with E-state index in [0.29, 0.717) is 13.0 Å². The van der Waals surface area contributed by atoms with Gasteiger partial charge in [0.15, 0.2) is 12.6 Å². The molecule has 0 bridgehead atoms. The third kappa shape index (κ3) is 36.4. The second-order valence-corrected chi connectivity index (χ2v) is 22.2. The maximum absolute atomic E-state index is 13.1. The van der Waals surface area contributed by atoms with Crippen LogP contribution >= 0.6 is 0 Å². The van der Waals surface area contributed by atoms with Crippen LogP contribution in [0.4, 0.5) is 0 Å². The molecule has 2 aliphatic heterocycles. The molecule has 14 heteroatoms. The first kappa shape index (κ1) is 72.1. The van der Waals surface area contributed by atoms with E-state index in [-0.39, 0.29) is 25.6 Å². The highest BCUT2D eigenvalue weighted by Gasteiger charge is 2.47. The molecule has 14 nitrogen and oxygen atoms in total. The SMILES string of the molecule is CC/C=C\C/C=C\C/C=C\C/C=C\CCCCCCCCCOCC(COC1OC(COC2OC(CO)C(O)C(O)C2O)C(O)C(O)C1O)OC(=O)CCCCCCCCCCCCCCCCCCCCCCCCCC. The highest BCUT2D eigenvalue weighted by molar-refractivity contribution is 5.69. The van der Waals surface area contributed by atoms with Crippen LogP contribution in [0.5, 0.6) is 0 Å². The Morgan fingerprint density at radius 3 is 1.31 bits per heavy atom. The molecule has 0 amide bonds. The lowest BCUT2D eigenvalue weighted by Gasteiger charge is -2.42. The summed E-state index contributed by atoms with van der Waals surface area (Å²) < 4.78 is 34.5. The van der Waals surface area contributed by atoms with E-state index >= 15 is 0 Å². The Labute approximate surface area is 473 Å². The molecule has 2 fully saturated rings. The molecule has 0 saturated carbocycles. The molecule has 0 spiro atoms. The van der Waals surface area contributed by atoms with Gasteiger partial charge in [0.2, 0.25) is 0 Å². The number of ether oxygens (including phenoxy) is 6. The van der Waals surface area contributed by atoms with Crippen molar-refractivity contribution in [3.63, 3.8) is 0 Å². The number of hydrogen-bond acceptors (Lipinski definition) is 14. The van der Waals surface area contributed by atoms with Gasteiger partial charge in [0.1, 0.15) is 54.9 Å². The van der Waals surface area contributed by atoms with Crippen LogP contribution in [0.25, 0.3) is 0 Å². The zero-order valence-electron chi connectivity index (χ0n) is 49.2. The van der Waals surface area contributed by atoms with Crippen LogP contribution in [0, 0.1) is 0 Å². The van der Waals surface area contributed by atoms with Gasteiger partial charge in [-0.3, -0.25) is 4.79 Å². The fourth-order valence-corrected chi connectivity index (χ4v) is 10.0. The maximum Gasteiger partial charge on any atom is 0.306 e. The third-order valence-electron chi connectivity index (χ3n) is 15.1. The topological polar surface area (TPSA) is 214 Å². The number of carbonyl (C=O) groups is 1. The predicted octanol–water partition coefficient (Wildman–Crippen LogP) is 12.3. The summed E-state index contributed by atoms with van der Waals surface area (Å²) in [5, 5.41) is 72.5. The van der Waals surface area contributed by atoms with Crippen molar-refractivity contribution in [1.82, 2.24) is 0 Å². The molecular weight excluding hydrogens is 993 g/mol. The van der Waals surface area contributed by atoms with Gasteiger partial charge in [-0.05, 0) is 51.4 Å². The quantitative estimate of drug-likeness (QED) is 0.0172. The summed E-state index contributed by atoms with van der Waals surface area (Å²) in [6.07, 6.45) is 46.1. The van der Waals surface area contributed by atoms with Crippen molar-refractivity contribution in [1.29, 1.82) is 0 Å². The van der Waals surface area contributed by atoms with Gasteiger partial charge in [-0.2, -0.15) is 0 Å². The van der Waals surface area contributed by atoms with Crippen LogP contribution in [0.3, 0.4) is 0 Å². The summed E-state index contributed by atoms with van der Waals surface area (Å²) in [6, 6.07) is 0. The van der Waals surface area contributed by atoms with Crippen molar-refractivity contribution in [2.75, 3.05) is 33.0 Å². The summed E-state index contributed by atoms with van der Waals surface area (Å²) in [6.45, 7) is 3.60. The molecule has 0 radical (unpaired) electrons. The average molecular weight is 1110 g/mol. The van der Waals surface area contributed by atoms with Crippen LogP contribution in [-0.4, -0.2) is 142 Å². The summed E-state index contributed by atoms with van der Waals surface area (Å²) in [5.74, 6) is -0.376. The number of carbonyl (C=O) groups excluding carboxylic acids is 1. The van der Waals surface area contributed by atoms with Crippen molar-refractivity contribution in [2.45, 2.75) is 319 Å². The number of unbranched alkanes of at least 4 members (excludes halogenated alkanes) is 30. The zero-order valence-corrected chi connectivity index (χ0v) is 49.2. The Hall–Kier alpha value is -2.05. The number of rotatable bonds is 52. The smallest absolute Gasteiger partial charge is 0.306 e. The van der Waals surface area contributed by atoms with Crippen LogP contribution in [0.15, 0.2) is 48.6 Å². The van der Waals surface area contributed by atoms with E-state index in [1.165, 1.54) is 154 Å². The molecule has 2 rings (SSSR count). The fraction of sp³-hybridized carbons (Fsp3) is 0.859. The third-order valence-corrected chi connectivity index (χ3v) is 15.1. The second kappa shape index (κ2) is 50.7. The van der Waals surface area contributed by atoms with Crippen molar-refractivity contribution in [3.8, 4) is 0 Å². The van der Waals surface area contributed by atoms with Crippen molar-refractivity contribution < 1.29 is 69.0 Å². The van der Waals surface area contributed by atoms with E-state index in [1.54, 1.807) is 0 Å². The molecule has 0 aromatic rings. The highest BCUT2D eigenvalue weighted by atomic mass is 16.7. The largest absolute Gasteiger partial charge is 0.457 e. The molecular formula is C64H116O14. The molecule has 2 heterocycles. The van der Waals surface area contributed by atoms with E-state index in [4.69, 9.17) is 28.4 Å². The fourth-order valence-electron chi connectivity index (χ4n) is 10.0. The van der Waals surface area contributed by atoms with E-state index in [2.05, 4.69) is 62.5 Å². The lowest BCUT2D eigenvalue weighted by molar-refractivity contribution is -0.332. The van der Waals surface area contributed by atoms with E-state index in [9.17, 15) is 40.5 Å². The number of aliphatic hydroxyl groups is 7. The van der Waals surface area contributed by atoms with Crippen LogP contribution in [0.1, 0.15) is 251 Å². The van der Waals surface area contributed by atoms with Gasteiger partial charge in [-0.1, -0.05) is 242 Å². The Bertz CT molecular complexity index is 1470. The minimum Gasteiger partial charge on any atom is -0.457 e. The first-order chi connectivity index (χ1) is 38.1. The van der Waals surface area contributed by atoms with E-state index < -0.39 is 80.7 Å². The Balaban J connectivity index is 1.67. The molecule has 11 atom stereocenters. The van der Waals surface area contributed by atoms with Crippen LogP contribution < -0.4 is 0 Å². The molecule has 2 aliphatic rings. The number of esters is 1. The number of hydrogen-bond donors (Lipinski definition) is 7. The molecule has 78 heavy (non-hydrogen) atoms. The van der Waals surface area contributed by atoms with E-state index in [0.717, 1.165) is 70.6 Å². The molecule has 7 N–H and O–H groups in total. The molecule has 0 aromatic heterocycles. The van der Waals surface area contributed by atoms with Gasteiger partial charge in [-0.15, -0.1) is 0 Å². The maximum atomic E-state index is 13.1. The molecule has 11 unspecified atom stereocenters. The van der Waals surface area contributed by atoms with Crippen LogP contribution in [0.2, 0.25) is 0 Å². The van der Waals surface area contributed by atoms with Gasteiger partial charge in [0.05, 0.1) is 26.4 Å². The molecule has 0 aliphatic carbocycles. The normalized spacial score (nSPS) is 24.4. The molecule has 456 valence electrons. The van der Waals surface area contributed by atoms with Gasteiger partial charge in [0, 0.05) is 13.0 Å². The highest BCUT2D eigenvalue weighted by Crippen LogP contribution is 2.27. The second-order valence-electron chi connectivity index (χ2n) is 22.2. The first-order valence-corrected chi connectivity index (χ1v) is 31.7. The van der Waals surface area contributed by atoms with Gasteiger partial charge < -0.3 is 64.2 Å². The zero-order chi connectivity index (χ0) is 56.5. The molecule has 2 saturated heterocycles. The van der Waals surface area contributed by atoms with Crippen LogP contribution in [-0.2, 0) is 33.2 Å². The monoisotopic (exact) mass is 1110 g/mol. The van der Waals surface area contributed by atoms with Gasteiger partial charge in [-0.25, -0.2) is 0 Å². The summed E-state index contributed by atoms with van der Waals surface area (Å²) in [4.78, 5) is 13.1. The minimum absolute atomic E-state index is 0.0557. The number of allylic oxidation sites excluding steroid dienone is 8. The Morgan fingerprint density at radius 1 is 0.436 bits per heavy atom. The average Bonchev–Trinajstić information content (AvgIpc) is 3.45. The van der Waals surface area contributed by atoms with Gasteiger partial charge >= 0.3 is 5.97 Å². The van der Waals surface area contributed by atoms with Crippen molar-refractivity contribution in [3.05, 3.63) is 48.6 Å². The summed E-state index contributed by atoms with van der Waals surface area (Å²) >= 11 is 0. The lowest BCUT2D eigenvalue weighted by Crippen LogP contribution is -2.61. The summed E-state index contributed by atoms with van der Waals surface area (Å²) in [5.41, 5.74) is 0. The Kier molecular flexibility index (Phi) is 46.8. The molecule has 0 aromatic carbocycles. The summed E-state index contributed by atoms with van der Waals surface area (Å²) in [7, 11) is 0. The van der Waals surface area contributed by atoms with E-state index in [1.807, 2.05) is 0 Å². The predicted molar refractivity (Wildman–Crippen MR) is 312 cm³/mol. The Morgan fingerprint density at radius 2 is 0.833 bits per heavy atom. The standard InChI is InChI=1S/C64H116O14/c1-3-5-7-9-11-13-15-17-19-21-23-25-26-27-28-29-31-33-35-37-39-41-43-45-47-56(66)76-53(50-73-48-46-44-42-40-38-36-34-32-30-24-22-20-18-16-14-12-10-8-6-4-2)51-74-63-62(72)60(70)58(68)55(78-63)52-75-64-61(71)59(69)57(67)54(49-65)77-64/h6,8,12,14,18,20,24,30,53-55,57-65,67-72H,3-5,7,9-11,13,15-17,19,21-23,25-29,31-52H2,1-2H3/b8-6-,14-12-,20-18-,30-24-. The lowest BCUT2D eigenvalue weighted by atomic mass is 9.98.